The number of amides is 1. The Balaban J connectivity index is 2.56. The number of rotatable bonds is 8. The number of aliphatic carboxylic acids is 1. The van der Waals surface area contributed by atoms with E-state index in [1.807, 2.05) is 0 Å². The molecule has 0 radical (unpaired) electrons. The molecule has 2 rings (SSSR count). The van der Waals surface area contributed by atoms with Gasteiger partial charge in [0.25, 0.3) is 0 Å². The lowest BCUT2D eigenvalue weighted by Gasteiger charge is -2.34. The SMILES string of the molecule is CC(C)(C)OC(=O)N(COCC[Si](C)(C)C)C1=N[C@](CF)(c2cccc(F)c2F)C=C(C(=O)O)S1. The molecule has 1 aromatic carbocycles. The molecular formula is C23H31F3N2O5SSi. The maximum absolute atomic E-state index is 14.7. The highest BCUT2D eigenvalue weighted by Crippen LogP contribution is 2.40. The second-order valence-electron chi connectivity index (χ2n) is 10.2. The Morgan fingerprint density at radius 1 is 1.23 bits per heavy atom. The Morgan fingerprint density at radius 2 is 1.89 bits per heavy atom. The number of carboxylic acid groups (broad SMARTS) is 1. The number of aliphatic imine (C=N–C) groups is 1. The van der Waals surface area contributed by atoms with Crippen molar-refractivity contribution in [2.75, 3.05) is 20.0 Å². The van der Waals surface area contributed by atoms with Crippen molar-refractivity contribution in [3.05, 3.63) is 46.4 Å². The number of hydrogen-bond donors (Lipinski definition) is 1. The van der Waals surface area contributed by atoms with Gasteiger partial charge in [-0.15, -0.1) is 0 Å². The molecule has 0 saturated heterocycles. The Bertz CT molecular complexity index is 1020. The third-order valence-corrected chi connectivity index (χ3v) is 7.47. The van der Waals surface area contributed by atoms with E-state index >= 15 is 0 Å². The van der Waals surface area contributed by atoms with Crippen LogP contribution in [-0.4, -0.2) is 60.9 Å². The number of amidine groups is 1. The van der Waals surface area contributed by atoms with E-state index in [2.05, 4.69) is 24.6 Å². The maximum Gasteiger partial charge on any atom is 0.418 e. The molecule has 1 heterocycles. The number of thioether (sulfide) groups is 1. The summed E-state index contributed by atoms with van der Waals surface area (Å²) in [5.74, 6) is -4.05. The summed E-state index contributed by atoms with van der Waals surface area (Å²) in [4.78, 5) is 29.7. The number of halogens is 3. The lowest BCUT2D eigenvalue weighted by molar-refractivity contribution is -0.131. The smallest absolute Gasteiger partial charge is 0.418 e. The highest BCUT2D eigenvalue weighted by atomic mass is 32.2. The first-order valence-corrected chi connectivity index (χ1v) is 15.4. The molecule has 1 atom stereocenters. The first-order chi connectivity index (χ1) is 16.1. The standard InChI is InChI=1S/C23H31F3N2O5SSi/c1-22(2,3)33-21(31)28(14-32-10-11-35(4,5)6)20-27-23(13-24,12-17(34-20)19(29)30)15-8-7-9-16(25)18(15)26/h7-9,12H,10-11,13-14H2,1-6H3,(H,29,30)/t23-/m1/s1. The monoisotopic (exact) mass is 532 g/mol. The van der Waals surface area contributed by atoms with Crippen LogP contribution in [0.4, 0.5) is 18.0 Å². The molecular weight excluding hydrogens is 501 g/mol. The van der Waals surface area contributed by atoms with Crippen LogP contribution in [0.3, 0.4) is 0 Å². The van der Waals surface area contributed by atoms with Gasteiger partial charge in [-0.05, 0) is 50.7 Å². The van der Waals surface area contributed by atoms with E-state index in [1.165, 1.54) is 6.07 Å². The molecule has 1 N–H and O–H groups in total. The van der Waals surface area contributed by atoms with Crippen LogP contribution in [0.2, 0.25) is 25.7 Å². The Morgan fingerprint density at radius 3 is 2.43 bits per heavy atom. The second-order valence-corrected chi connectivity index (χ2v) is 16.9. The summed E-state index contributed by atoms with van der Waals surface area (Å²) in [6.45, 7) is 9.95. The van der Waals surface area contributed by atoms with Crippen molar-refractivity contribution in [2.45, 2.75) is 57.6 Å². The Kier molecular flexibility index (Phi) is 9.23. The topological polar surface area (TPSA) is 88.4 Å². The lowest BCUT2D eigenvalue weighted by atomic mass is 9.90. The summed E-state index contributed by atoms with van der Waals surface area (Å²) in [5.41, 5.74) is -3.62. The zero-order valence-electron chi connectivity index (χ0n) is 20.7. The van der Waals surface area contributed by atoms with Gasteiger partial charge in [0, 0.05) is 20.2 Å². The van der Waals surface area contributed by atoms with Crippen molar-refractivity contribution in [1.29, 1.82) is 0 Å². The van der Waals surface area contributed by atoms with Crippen LogP contribution in [0.1, 0.15) is 26.3 Å². The van der Waals surface area contributed by atoms with Gasteiger partial charge < -0.3 is 14.6 Å². The second kappa shape index (κ2) is 11.2. The third kappa shape index (κ3) is 7.84. The Hall–Kier alpha value is -2.31. The van der Waals surface area contributed by atoms with Crippen LogP contribution in [0.15, 0.2) is 34.2 Å². The summed E-state index contributed by atoms with van der Waals surface area (Å²) in [6, 6.07) is 3.93. The van der Waals surface area contributed by atoms with Crippen LogP contribution in [0.5, 0.6) is 0 Å². The molecule has 0 fully saturated rings. The minimum absolute atomic E-state index is 0.270. The highest BCUT2D eigenvalue weighted by Gasteiger charge is 2.41. The molecule has 35 heavy (non-hydrogen) atoms. The highest BCUT2D eigenvalue weighted by molar-refractivity contribution is 8.17. The van der Waals surface area contributed by atoms with Crippen LogP contribution in [0.25, 0.3) is 0 Å². The van der Waals surface area contributed by atoms with Crippen LogP contribution in [0, 0.1) is 11.6 Å². The number of benzene rings is 1. The fourth-order valence-corrected chi connectivity index (χ4v) is 4.69. The zero-order valence-corrected chi connectivity index (χ0v) is 22.5. The van der Waals surface area contributed by atoms with Gasteiger partial charge in [0.05, 0.1) is 4.91 Å². The van der Waals surface area contributed by atoms with Gasteiger partial charge in [0.15, 0.2) is 16.8 Å². The van der Waals surface area contributed by atoms with Crippen molar-refractivity contribution in [3.63, 3.8) is 0 Å². The summed E-state index contributed by atoms with van der Waals surface area (Å²) in [6.07, 6.45) is 0.0107. The van der Waals surface area contributed by atoms with Gasteiger partial charge in [-0.1, -0.05) is 31.8 Å². The number of hydrogen-bond acceptors (Lipinski definition) is 6. The number of carbonyl (C=O) groups excluding carboxylic acids is 1. The van der Waals surface area contributed by atoms with Crippen molar-refractivity contribution >= 4 is 37.1 Å². The molecule has 1 aliphatic rings. The Labute approximate surface area is 208 Å². The van der Waals surface area contributed by atoms with Crippen molar-refractivity contribution in [3.8, 4) is 0 Å². The summed E-state index contributed by atoms with van der Waals surface area (Å²) >= 11 is 0.570. The molecule has 0 saturated carbocycles. The quantitative estimate of drug-likeness (QED) is 0.261. The minimum atomic E-state index is -2.21. The third-order valence-electron chi connectivity index (χ3n) is 4.76. The number of ether oxygens (including phenoxy) is 2. The number of alkyl halides is 1. The molecule has 1 aliphatic heterocycles. The molecule has 12 heteroatoms. The number of carboxylic acids is 1. The molecule has 1 amide bonds. The molecule has 194 valence electrons. The summed E-state index contributed by atoms with van der Waals surface area (Å²) < 4.78 is 54.3. The summed E-state index contributed by atoms with van der Waals surface area (Å²) in [7, 11) is -1.45. The van der Waals surface area contributed by atoms with Crippen LogP contribution >= 0.6 is 11.8 Å². The van der Waals surface area contributed by atoms with E-state index < -0.39 is 60.1 Å². The average molecular weight is 533 g/mol. The number of nitrogens with zero attached hydrogens (tertiary/aromatic N) is 2. The van der Waals surface area contributed by atoms with Crippen LogP contribution in [-0.2, 0) is 19.8 Å². The largest absolute Gasteiger partial charge is 0.477 e. The minimum Gasteiger partial charge on any atom is -0.477 e. The lowest BCUT2D eigenvalue weighted by Crippen LogP contribution is -2.44. The molecule has 7 nitrogen and oxygen atoms in total. The van der Waals surface area contributed by atoms with E-state index in [-0.39, 0.29) is 11.9 Å². The molecule has 1 aromatic rings. The summed E-state index contributed by atoms with van der Waals surface area (Å²) in [5, 5.41) is 9.40. The predicted octanol–water partition coefficient (Wildman–Crippen LogP) is 5.75. The van der Waals surface area contributed by atoms with Gasteiger partial charge >= 0.3 is 12.1 Å². The molecule has 0 aliphatic carbocycles. The molecule has 0 spiro atoms. The normalized spacial score (nSPS) is 18.5. The van der Waals surface area contributed by atoms with Gasteiger partial charge in [-0.25, -0.2) is 32.7 Å². The molecule has 0 aromatic heterocycles. The number of carbonyl (C=O) groups is 2. The maximum atomic E-state index is 14.7. The van der Waals surface area contributed by atoms with E-state index in [1.54, 1.807) is 20.8 Å². The average Bonchev–Trinajstić information content (AvgIpc) is 2.73. The molecule has 0 bridgehead atoms. The molecule has 0 unspecified atom stereocenters. The van der Waals surface area contributed by atoms with E-state index in [4.69, 9.17) is 9.47 Å². The van der Waals surface area contributed by atoms with E-state index in [9.17, 15) is 27.9 Å². The predicted molar refractivity (Wildman–Crippen MR) is 132 cm³/mol. The first-order valence-electron chi connectivity index (χ1n) is 10.9. The zero-order chi connectivity index (χ0) is 26.6. The van der Waals surface area contributed by atoms with Gasteiger partial charge in [0.2, 0.25) is 0 Å². The van der Waals surface area contributed by atoms with Gasteiger partial charge in [0.1, 0.15) is 24.5 Å². The van der Waals surface area contributed by atoms with E-state index in [0.717, 1.165) is 29.2 Å². The first kappa shape index (κ1) is 28.9. The van der Waals surface area contributed by atoms with Gasteiger partial charge in [-0.3, -0.25) is 0 Å². The van der Waals surface area contributed by atoms with Gasteiger partial charge in [-0.2, -0.15) is 0 Å². The van der Waals surface area contributed by atoms with Crippen molar-refractivity contribution in [1.82, 2.24) is 4.90 Å². The fraction of sp³-hybridized carbons (Fsp3) is 0.522. The van der Waals surface area contributed by atoms with Crippen molar-refractivity contribution in [2.24, 2.45) is 4.99 Å². The fourth-order valence-electron chi connectivity index (χ4n) is 2.95. The van der Waals surface area contributed by atoms with Crippen LogP contribution < -0.4 is 0 Å². The van der Waals surface area contributed by atoms with E-state index in [0.29, 0.717) is 18.4 Å². The van der Waals surface area contributed by atoms with Crippen molar-refractivity contribution < 1.29 is 37.3 Å².